The van der Waals surface area contributed by atoms with Gasteiger partial charge in [-0.2, -0.15) is 0 Å². The number of anilines is 1. The number of likely N-dealkylation sites (tertiary alicyclic amines) is 1. The molecule has 5 aliphatic rings. The van der Waals surface area contributed by atoms with Crippen LogP contribution in [-0.2, 0) is 23.9 Å². The minimum atomic E-state index is -1.27. The number of fused-ring (bicyclic) bond motifs is 2. The summed E-state index contributed by atoms with van der Waals surface area (Å²) >= 11 is 0. The smallest absolute Gasteiger partial charge is 0.249 e. The van der Waals surface area contributed by atoms with E-state index in [1.165, 1.54) is 0 Å². The summed E-state index contributed by atoms with van der Waals surface area (Å²) in [4.78, 5) is 51.7. The summed E-state index contributed by atoms with van der Waals surface area (Å²) in [5.41, 5.74) is -1.58. The Labute approximate surface area is 278 Å². The van der Waals surface area contributed by atoms with E-state index in [0.717, 1.165) is 43.9 Å². The molecule has 6 rings (SSSR count). The van der Waals surface area contributed by atoms with Crippen LogP contribution in [0.1, 0.15) is 46.0 Å². The van der Waals surface area contributed by atoms with Gasteiger partial charge in [0.1, 0.15) is 17.4 Å². The number of carbonyl (C=O) groups is 3. The molecule has 0 aromatic heterocycles. The van der Waals surface area contributed by atoms with Gasteiger partial charge in [0.2, 0.25) is 17.7 Å². The Morgan fingerprint density at radius 3 is 2.32 bits per heavy atom. The maximum atomic E-state index is 14.8. The number of carbonyl (C=O) groups excluding carboxylic acids is 3. The molecule has 0 aliphatic carbocycles. The molecule has 1 spiro atoms. The second kappa shape index (κ2) is 14.5. The van der Waals surface area contributed by atoms with Gasteiger partial charge in [0.25, 0.3) is 0 Å². The number of rotatable bonds is 13. The predicted molar refractivity (Wildman–Crippen MR) is 177 cm³/mol. The standard InChI is InChI=1S/C36H50N4O7/c1-3-35-15-9-19-39(27-11-13-28(14-12-27)46-4-2)32(42)29(35)30-33(43)40(18-7-5-6-8-24-41)31-34(44)38(17-10-16-36(30,31)47-35)21-20-37-22-25-45-26-23-37/h9-16,29-31,41H,3-8,17-26H2,1-2H3/t29-,30+,31?,35+,36+/m1/s1. The molecule has 1 unspecified atom stereocenters. The average molecular weight is 651 g/mol. The lowest BCUT2D eigenvalue weighted by Gasteiger charge is -2.39. The number of nitrogens with zero attached hydrogens (tertiary/aromatic N) is 4. The molecule has 256 valence electrons. The van der Waals surface area contributed by atoms with Crippen molar-refractivity contribution >= 4 is 23.4 Å². The van der Waals surface area contributed by atoms with E-state index in [2.05, 4.69) is 4.90 Å². The van der Waals surface area contributed by atoms with Gasteiger partial charge in [0, 0.05) is 58.1 Å². The van der Waals surface area contributed by atoms with Crippen molar-refractivity contribution in [1.82, 2.24) is 14.7 Å². The lowest BCUT2D eigenvalue weighted by molar-refractivity contribution is -0.152. The third-order valence-electron chi connectivity index (χ3n) is 10.6. The van der Waals surface area contributed by atoms with E-state index in [1.54, 1.807) is 9.80 Å². The molecule has 3 amide bonds. The SMILES string of the molecule is CCOc1ccc(N2CC=C[C@]3(CC)O[C@]45C=CCN(CCN6CCOCC6)C(=O)C4N(CCCCCCO)C(=O)[C@@H]5[C@@H]3C2=O)cc1. The molecule has 0 radical (unpaired) electrons. The fourth-order valence-electron chi connectivity index (χ4n) is 8.20. The van der Waals surface area contributed by atoms with Gasteiger partial charge < -0.3 is 34.0 Å². The molecule has 5 aliphatic heterocycles. The maximum Gasteiger partial charge on any atom is 0.249 e. The lowest BCUT2D eigenvalue weighted by atomic mass is 9.73. The third kappa shape index (κ3) is 6.23. The average Bonchev–Trinajstić information content (AvgIpc) is 3.37. The second-order valence-corrected chi connectivity index (χ2v) is 13.2. The number of benzene rings is 1. The molecule has 11 heteroatoms. The minimum absolute atomic E-state index is 0.128. The number of aliphatic hydroxyl groups is 1. The molecule has 5 heterocycles. The largest absolute Gasteiger partial charge is 0.494 e. The Morgan fingerprint density at radius 1 is 0.851 bits per heavy atom. The fourth-order valence-corrected chi connectivity index (χ4v) is 8.20. The number of hydrogen-bond acceptors (Lipinski definition) is 8. The maximum absolute atomic E-state index is 14.8. The van der Waals surface area contributed by atoms with Crippen molar-refractivity contribution in [2.75, 3.05) is 77.1 Å². The van der Waals surface area contributed by atoms with Crippen molar-refractivity contribution in [1.29, 1.82) is 0 Å². The van der Waals surface area contributed by atoms with Gasteiger partial charge in [-0.25, -0.2) is 0 Å². The zero-order chi connectivity index (χ0) is 33.0. The molecule has 11 nitrogen and oxygen atoms in total. The second-order valence-electron chi connectivity index (χ2n) is 13.2. The first kappa shape index (κ1) is 33.6. The van der Waals surface area contributed by atoms with Crippen LogP contribution in [-0.4, -0.2) is 127 Å². The number of unbranched alkanes of at least 4 members (excludes halogenated alkanes) is 3. The molecule has 1 N–H and O–H groups in total. The van der Waals surface area contributed by atoms with Crippen LogP contribution in [0.15, 0.2) is 48.6 Å². The third-order valence-corrected chi connectivity index (χ3v) is 10.6. The number of morpholine rings is 1. The molecule has 5 atom stereocenters. The zero-order valence-corrected chi connectivity index (χ0v) is 27.9. The molecule has 3 saturated heterocycles. The number of ether oxygens (including phenoxy) is 3. The Morgan fingerprint density at radius 2 is 1.60 bits per heavy atom. The van der Waals surface area contributed by atoms with Crippen molar-refractivity contribution in [3.63, 3.8) is 0 Å². The molecule has 1 aromatic carbocycles. The molecule has 3 fully saturated rings. The Bertz CT molecular complexity index is 1350. The first-order valence-corrected chi connectivity index (χ1v) is 17.5. The van der Waals surface area contributed by atoms with Crippen molar-refractivity contribution in [2.24, 2.45) is 11.8 Å². The van der Waals surface area contributed by atoms with Crippen LogP contribution in [0, 0.1) is 11.8 Å². The van der Waals surface area contributed by atoms with Crippen LogP contribution in [0.3, 0.4) is 0 Å². The van der Waals surface area contributed by atoms with E-state index < -0.39 is 29.1 Å². The molecule has 0 saturated carbocycles. The van der Waals surface area contributed by atoms with E-state index in [9.17, 15) is 19.5 Å². The fraction of sp³-hybridized carbons (Fsp3) is 0.639. The number of hydrogen-bond donors (Lipinski definition) is 1. The van der Waals surface area contributed by atoms with Crippen molar-refractivity contribution in [3.8, 4) is 5.75 Å². The summed E-state index contributed by atoms with van der Waals surface area (Å²) < 4.78 is 18.3. The van der Waals surface area contributed by atoms with Crippen LogP contribution in [0.2, 0.25) is 0 Å². The van der Waals surface area contributed by atoms with E-state index >= 15 is 0 Å². The summed E-state index contributed by atoms with van der Waals surface area (Å²) in [6, 6.07) is 6.60. The lowest BCUT2D eigenvalue weighted by Crippen LogP contribution is -2.57. The van der Waals surface area contributed by atoms with Crippen LogP contribution < -0.4 is 9.64 Å². The highest BCUT2D eigenvalue weighted by Crippen LogP contribution is 2.58. The Hall–Kier alpha value is -3.25. The minimum Gasteiger partial charge on any atom is -0.494 e. The van der Waals surface area contributed by atoms with Gasteiger partial charge in [-0.15, -0.1) is 0 Å². The van der Waals surface area contributed by atoms with Crippen molar-refractivity contribution < 1.29 is 33.7 Å². The van der Waals surface area contributed by atoms with E-state index in [4.69, 9.17) is 14.2 Å². The molecular weight excluding hydrogens is 600 g/mol. The highest BCUT2D eigenvalue weighted by Gasteiger charge is 2.75. The van der Waals surface area contributed by atoms with Gasteiger partial charge in [0.05, 0.1) is 37.3 Å². The van der Waals surface area contributed by atoms with Gasteiger partial charge in [0.15, 0.2) is 0 Å². The Kier molecular flexibility index (Phi) is 10.4. The highest BCUT2D eigenvalue weighted by molar-refractivity contribution is 6.04. The molecule has 0 bridgehead atoms. The topological polar surface area (TPSA) is 112 Å². The van der Waals surface area contributed by atoms with Gasteiger partial charge in [-0.3, -0.25) is 19.3 Å². The van der Waals surface area contributed by atoms with Crippen LogP contribution in [0.5, 0.6) is 5.75 Å². The quantitative estimate of drug-likeness (QED) is 0.256. The summed E-state index contributed by atoms with van der Waals surface area (Å²) in [6.07, 6.45) is 11.4. The van der Waals surface area contributed by atoms with Gasteiger partial charge >= 0.3 is 0 Å². The first-order chi connectivity index (χ1) is 22.9. The molecule has 47 heavy (non-hydrogen) atoms. The van der Waals surface area contributed by atoms with E-state index in [1.807, 2.05) is 67.3 Å². The monoisotopic (exact) mass is 650 g/mol. The Balaban J connectivity index is 1.34. The summed E-state index contributed by atoms with van der Waals surface area (Å²) in [7, 11) is 0. The van der Waals surface area contributed by atoms with Crippen LogP contribution >= 0.6 is 0 Å². The molecular formula is C36H50N4O7. The summed E-state index contributed by atoms with van der Waals surface area (Å²) in [6.45, 7) is 10.0. The molecule has 1 aromatic rings. The van der Waals surface area contributed by atoms with Crippen molar-refractivity contribution in [2.45, 2.75) is 63.2 Å². The predicted octanol–water partition coefficient (Wildman–Crippen LogP) is 2.63. The first-order valence-electron chi connectivity index (χ1n) is 17.5. The van der Waals surface area contributed by atoms with E-state index in [-0.39, 0.29) is 24.3 Å². The van der Waals surface area contributed by atoms with Crippen LogP contribution in [0.25, 0.3) is 0 Å². The van der Waals surface area contributed by atoms with Gasteiger partial charge in [-0.05, 0) is 50.5 Å². The normalized spacial score (nSPS) is 30.7. The van der Waals surface area contributed by atoms with E-state index in [0.29, 0.717) is 65.3 Å². The van der Waals surface area contributed by atoms with Gasteiger partial charge in [-0.1, -0.05) is 44.1 Å². The number of amides is 3. The summed E-state index contributed by atoms with van der Waals surface area (Å²) in [5, 5.41) is 9.27. The summed E-state index contributed by atoms with van der Waals surface area (Å²) in [5.74, 6) is -1.41. The highest BCUT2D eigenvalue weighted by atomic mass is 16.5. The van der Waals surface area contributed by atoms with Crippen molar-refractivity contribution in [3.05, 3.63) is 48.6 Å². The van der Waals surface area contributed by atoms with Crippen LogP contribution in [0.4, 0.5) is 5.69 Å². The number of aliphatic hydroxyl groups excluding tert-OH is 1. The zero-order valence-electron chi connectivity index (χ0n) is 27.9.